The van der Waals surface area contributed by atoms with Crippen molar-refractivity contribution in [2.24, 2.45) is 0 Å². The Hall–Kier alpha value is -2.38. The summed E-state index contributed by atoms with van der Waals surface area (Å²) in [5, 5.41) is 2.81. The molecule has 0 aromatic heterocycles. The van der Waals surface area contributed by atoms with Crippen molar-refractivity contribution in [3.63, 3.8) is 0 Å². The molecule has 2 rings (SSSR count). The molecule has 146 valence electrons. The molecule has 0 aliphatic carbocycles. The Kier molecular flexibility index (Phi) is 7.38. The van der Waals surface area contributed by atoms with Gasteiger partial charge in [0.05, 0.1) is 10.6 Å². The number of carbonyl (C=O) groups is 1. The molecule has 0 heterocycles. The highest BCUT2D eigenvalue weighted by Crippen LogP contribution is 2.21. The van der Waals surface area contributed by atoms with E-state index in [9.17, 15) is 13.2 Å². The van der Waals surface area contributed by atoms with Crippen molar-refractivity contribution in [1.82, 2.24) is 5.32 Å². The van der Waals surface area contributed by atoms with Gasteiger partial charge in [0.1, 0.15) is 0 Å². The summed E-state index contributed by atoms with van der Waals surface area (Å²) in [6.07, 6.45) is 0.721. The van der Waals surface area contributed by atoms with E-state index in [2.05, 4.69) is 10.0 Å². The smallest absolute Gasteiger partial charge is 0.261 e. The van der Waals surface area contributed by atoms with Crippen LogP contribution in [0.4, 0.5) is 5.69 Å². The molecule has 2 aromatic rings. The average Bonchev–Trinajstić information content (AvgIpc) is 2.63. The lowest BCUT2D eigenvalue weighted by molar-refractivity contribution is 0.0944. The van der Waals surface area contributed by atoms with Crippen molar-refractivity contribution in [2.45, 2.75) is 32.1 Å². The van der Waals surface area contributed by atoms with E-state index in [1.807, 2.05) is 13.8 Å². The third kappa shape index (κ3) is 6.08. The molecule has 0 aliphatic rings. The molecule has 0 atom stereocenters. The molecular formula is C20H26N2O4S. The molecule has 0 saturated heterocycles. The molecule has 2 N–H and O–H groups in total. The minimum Gasteiger partial charge on any atom is -0.382 e. The molecular weight excluding hydrogens is 364 g/mol. The largest absolute Gasteiger partial charge is 0.382 e. The lowest BCUT2D eigenvalue weighted by Gasteiger charge is -2.13. The standard InChI is InChI=1S/C20H26N2O4S/c1-4-26-13-5-12-21-20(23)17-9-8-16(3)19(14-17)22-27(24,25)18-10-6-15(2)7-11-18/h6-11,14,22H,4-5,12-13H2,1-3H3,(H,21,23). The molecule has 0 radical (unpaired) electrons. The van der Waals surface area contributed by atoms with Crippen LogP contribution in [-0.2, 0) is 14.8 Å². The molecule has 0 spiro atoms. The Labute approximate surface area is 161 Å². The second-order valence-corrected chi connectivity index (χ2v) is 7.94. The van der Waals surface area contributed by atoms with E-state index in [0.29, 0.717) is 31.0 Å². The van der Waals surface area contributed by atoms with Crippen LogP contribution in [0.25, 0.3) is 0 Å². The van der Waals surface area contributed by atoms with E-state index in [1.165, 1.54) is 0 Å². The molecule has 2 aromatic carbocycles. The first-order valence-electron chi connectivity index (χ1n) is 8.89. The van der Waals surface area contributed by atoms with Crippen LogP contribution in [0.1, 0.15) is 34.8 Å². The summed E-state index contributed by atoms with van der Waals surface area (Å²) in [5.41, 5.74) is 2.50. The number of benzene rings is 2. The van der Waals surface area contributed by atoms with Crippen molar-refractivity contribution in [1.29, 1.82) is 0 Å². The average molecular weight is 391 g/mol. The van der Waals surface area contributed by atoms with Crippen molar-refractivity contribution < 1.29 is 17.9 Å². The number of ether oxygens (including phenoxy) is 1. The number of aryl methyl sites for hydroxylation is 2. The highest BCUT2D eigenvalue weighted by Gasteiger charge is 2.16. The molecule has 0 saturated carbocycles. The van der Waals surface area contributed by atoms with Crippen LogP contribution >= 0.6 is 0 Å². The number of amides is 1. The fourth-order valence-corrected chi connectivity index (χ4v) is 3.54. The minimum atomic E-state index is -3.72. The Morgan fingerprint density at radius 2 is 1.78 bits per heavy atom. The Balaban J connectivity index is 2.10. The first-order chi connectivity index (χ1) is 12.8. The maximum Gasteiger partial charge on any atom is 0.261 e. The summed E-state index contributed by atoms with van der Waals surface area (Å²) in [6, 6.07) is 11.6. The summed E-state index contributed by atoms with van der Waals surface area (Å²) in [4.78, 5) is 12.5. The lowest BCUT2D eigenvalue weighted by Crippen LogP contribution is -2.25. The highest BCUT2D eigenvalue weighted by atomic mass is 32.2. The SMILES string of the molecule is CCOCCCNC(=O)c1ccc(C)c(NS(=O)(=O)c2ccc(C)cc2)c1. The molecule has 1 amide bonds. The first-order valence-corrected chi connectivity index (χ1v) is 10.4. The molecule has 6 nitrogen and oxygen atoms in total. The maximum atomic E-state index is 12.6. The van der Waals surface area contributed by atoms with E-state index in [0.717, 1.165) is 17.5 Å². The maximum absolute atomic E-state index is 12.6. The second-order valence-electron chi connectivity index (χ2n) is 6.25. The van der Waals surface area contributed by atoms with E-state index in [1.54, 1.807) is 49.4 Å². The molecule has 0 fully saturated rings. The Morgan fingerprint density at radius 1 is 1.07 bits per heavy atom. The Bertz CT molecular complexity index is 877. The highest BCUT2D eigenvalue weighted by molar-refractivity contribution is 7.92. The van der Waals surface area contributed by atoms with E-state index >= 15 is 0 Å². The van der Waals surface area contributed by atoms with Gasteiger partial charge in [0.25, 0.3) is 15.9 Å². The predicted octanol–water partition coefficient (Wildman–Crippen LogP) is 3.26. The zero-order valence-corrected chi connectivity index (χ0v) is 16.7. The van der Waals surface area contributed by atoms with Crippen molar-refractivity contribution in [3.8, 4) is 0 Å². The van der Waals surface area contributed by atoms with Gasteiger partial charge < -0.3 is 10.1 Å². The normalized spacial score (nSPS) is 11.2. The zero-order valence-electron chi connectivity index (χ0n) is 15.9. The number of hydrogen-bond acceptors (Lipinski definition) is 4. The molecule has 0 unspecified atom stereocenters. The van der Waals surface area contributed by atoms with Crippen molar-refractivity contribution in [3.05, 3.63) is 59.2 Å². The molecule has 0 bridgehead atoms. The minimum absolute atomic E-state index is 0.179. The van der Waals surface area contributed by atoms with Crippen LogP contribution in [0.5, 0.6) is 0 Å². The van der Waals surface area contributed by atoms with Crippen LogP contribution < -0.4 is 10.0 Å². The van der Waals surface area contributed by atoms with Gasteiger partial charge in [-0.1, -0.05) is 23.8 Å². The van der Waals surface area contributed by atoms with Gasteiger partial charge in [-0.25, -0.2) is 8.42 Å². The third-order valence-electron chi connectivity index (χ3n) is 4.03. The fourth-order valence-electron chi connectivity index (χ4n) is 2.42. The quantitative estimate of drug-likeness (QED) is 0.644. The predicted molar refractivity (Wildman–Crippen MR) is 107 cm³/mol. The van der Waals surface area contributed by atoms with Gasteiger partial charge in [-0.3, -0.25) is 9.52 Å². The van der Waals surface area contributed by atoms with Gasteiger partial charge in [-0.2, -0.15) is 0 Å². The summed E-state index contributed by atoms with van der Waals surface area (Å²) in [7, 11) is -3.72. The Morgan fingerprint density at radius 3 is 2.44 bits per heavy atom. The van der Waals surface area contributed by atoms with E-state index in [-0.39, 0.29) is 10.8 Å². The summed E-state index contributed by atoms with van der Waals surface area (Å²) >= 11 is 0. The second kappa shape index (κ2) is 9.53. The number of carbonyl (C=O) groups excluding carboxylic acids is 1. The molecule has 7 heteroatoms. The van der Waals surface area contributed by atoms with Crippen LogP contribution in [0.15, 0.2) is 47.4 Å². The van der Waals surface area contributed by atoms with E-state index in [4.69, 9.17) is 4.74 Å². The third-order valence-corrected chi connectivity index (χ3v) is 5.41. The number of nitrogens with one attached hydrogen (secondary N) is 2. The summed E-state index contributed by atoms with van der Waals surface area (Å²) in [6.45, 7) is 7.34. The van der Waals surface area contributed by atoms with Gasteiger partial charge >= 0.3 is 0 Å². The van der Waals surface area contributed by atoms with Crippen molar-refractivity contribution in [2.75, 3.05) is 24.5 Å². The summed E-state index contributed by atoms with van der Waals surface area (Å²) in [5.74, 6) is -0.248. The lowest BCUT2D eigenvalue weighted by atomic mass is 10.1. The monoisotopic (exact) mass is 390 g/mol. The van der Waals surface area contributed by atoms with Crippen LogP contribution in [0, 0.1) is 13.8 Å². The number of anilines is 1. The molecule has 27 heavy (non-hydrogen) atoms. The summed E-state index contributed by atoms with van der Waals surface area (Å²) < 4.78 is 33.0. The van der Waals surface area contributed by atoms with Gasteiger partial charge in [-0.15, -0.1) is 0 Å². The van der Waals surface area contributed by atoms with Gasteiger partial charge in [0.2, 0.25) is 0 Å². The number of rotatable bonds is 9. The molecule has 0 aliphatic heterocycles. The van der Waals surface area contributed by atoms with Crippen LogP contribution in [0.2, 0.25) is 0 Å². The zero-order chi connectivity index (χ0) is 19.9. The fraction of sp³-hybridized carbons (Fsp3) is 0.350. The van der Waals surface area contributed by atoms with Gasteiger partial charge in [0.15, 0.2) is 0 Å². The van der Waals surface area contributed by atoms with E-state index < -0.39 is 10.0 Å². The van der Waals surface area contributed by atoms with Crippen LogP contribution in [-0.4, -0.2) is 34.1 Å². The number of sulfonamides is 1. The number of hydrogen-bond donors (Lipinski definition) is 2. The van der Waals surface area contributed by atoms with Gasteiger partial charge in [-0.05, 0) is 57.0 Å². The van der Waals surface area contributed by atoms with Crippen molar-refractivity contribution >= 4 is 21.6 Å². The van der Waals surface area contributed by atoms with Gasteiger partial charge in [0, 0.05) is 25.3 Å². The topological polar surface area (TPSA) is 84.5 Å². The van der Waals surface area contributed by atoms with Crippen LogP contribution in [0.3, 0.4) is 0 Å². The first kappa shape index (κ1) is 20.9.